The van der Waals surface area contributed by atoms with Gasteiger partial charge in [-0.2, -0.15) is 4.31 Å². The van der Waals surface area contributed by atoms with Gasteiger partial charge in [0, 0.05) is 43.8 Å². The average molecular weight is 497 g/mol. The van der Waals surface area contributed by atoms with Crippen molar-refractivity contribution >= 4 is 38.1 Å². The average Bonchev–Trinajstić information content (AvgIpc) is 3.39. The van der Waals surface area contributed by atoms with Crippen LogP contribution in [-0.2, 0) is 24.4 Å². The third-order valence-electron chi connectivity index (χ3n) is 5.15. The van der Waals surface area contributed by atoms with E-state index in [4.69, 9.17) is 9.57 Å². The number of aryl methyl sites for hydroxylation is 1. The van der Waals surface area contributed by atoms with Crippen molar-refractivity contribution in [2.45, 2.75) is 43.3 Å². The number of hydrogen-bond donors (Lipinski definition) is 2. The number of oxime groups is 1. The highest BCUT2D eigenvalue weighted by molar-refractivity contribution is 7.89. The van der Waals surface area contributed by atoms with Crippen LogP contribution in [0.2, 0.25) is 0 Å². The first kappa shape index (κ1) is 25.2. The van der Waals surface area contributed by atoms with Gasteiger partial charge in [0.1, 0.15) is 6.10 Å². The van der Waals surface area contributed by atoms with E-state index in [9.17, 15) is 18.3 Å². The number of likely N-dealkylation sites (N-methyl/N-ethyl adjacent to an activating group) is 1. The monoisotopic (exact) mass is 496 g/mol. The Bertz CT molecular complexity index is 1080. The molecule has 2 atom stereocenters. The molecule has 1 aromatic heterocycles. The summed E-state index contributed by atoms with van der Waals surface area (Å²) in [5, 5.41) is 16.9. The fraction of sp³-hybridized carbons (Fsp3) is 0.476. The summed E-state index contributed by atoms with van der Waals surface area (Å²) < 4.78 is 31.6. The molecule has 1 aliphatic rings. The summed E-state index contributed by atoms with van der Waals surface area (Å²) >= 11 is 1.32. The number of carbonyl (C=O) groups excluding carboxylic acids is 1. The van der Waals surface area contributed by atoms with Crippen LogP contribution in [0.5, 0.6) is 0 Å². The van der Waals surface area contributed by atoms with Crippen LogP contribution in [0.15, 0.2) is 40.5 Å². The lowest BCUT2D eigenvalue weighted by atomic mass is 10.1. The van der Waals surface area contributed by atoms with Gasteiger partial charge < -0.3 is 14.7 Å². The number of ether oxygens (including phenoxy) is 1. The first-order valence-corrected chi connectivity index (χ1v) is 12.7. The van der Waals surface area contributed by atoms with E-state index in [1.165, 1.54) is 54.1 Å². The first-order valence-electron chi connectivity index (χ1n) is 10.4. The van der Waals surface area contributed by atoms with Crippen molar-refractivity contribution in [1.29, 1.82) is 0 Å². The van der Waals surface area contributed by atoms with Crippen molar-refractivity contribution in [2.75, 3.05) is 32.6 Å². The number of hydrogen-bond acceptors (Lipinski definition) is 9. The van der Waals surface area contributed by atoms with E-state index in [-0.39, 0.29) is 29.9 Å². The maximum absolute atomic E-state index is 13.0. The van der Waals surface area contributed by atoms with Gasteiger partial charge in [0.2, 0.25) is 10.0 Å². The fourth-order valence-corrected chi connectivity index (χ4v) is 5.05. The zero-order chi connectivity index (χ0) is 24.0. The van der Waals surface area contributed by atoms with Crippen LogP contribution < -0.4 is 5.32 Å². The normalized spacial score (nSPS) is 19.1. The molecule has 1 amide bonds. The number of nitrogens with one attached hydrogen (secondary N) is 1. The molecular weight excluding hydrogens is 468 g/mol. The van der Waals surface area contributed by atoms with E-state index in [1.54, 1.807) is 6.20 Å². The second-order valence-electron chi connectivity index (χ2n) is 7.71. The number of benzene rings is 1. The van der Waals surface area contributed by atoms with Crippen LogP contribution >= 0.6 is 11.3 Å². The summed E-state index contributed by atoms with van der Waals surface area (Å²) in [4.78, 5) is 23.7. The molecule has 0 saturated heterocycles. The molecule has 12 heteroatoms. The number of methoxy groups -OCH3 is 1. The van der Waals surface area contributed by atoms with Gasteiger partial charge in [0.05, 0.1) is 17.6 Å². The largest absolute Gasteiger partial charge is 0.393 e. The number of rotatable bonds is 10. The molecule has 1 fully saturated rings. The molecular formula is C21H28N4O6S2. The summed E-state index contributed by atoms with van der Waals surface area (Å²) in [6.45, 7) is 2.36. The Labute approximate surface area is 197 Å². The minimum absolute atomic E-state index is 0.0130. The second-order valence-corrected chi connectivity index (χ2v) is 11.0. The third kappa shape index (κ3) is 6.58. The van der Waals surface area contributed by atoms with Crippen molar-refractivity contribution in [3.63, 3.8) is 0 Å². The Kier molecular flexibility index (Phi) is 8.54. The van der Waals surface area contributed by atoms with Crippen LogP contribution in [-0.4, -0.2) is 73.9 Å². The van der Waals surface area contributed by atoms with Gasteiger partial charge in [-0.15, -0.1) is 11.3 Å². The summed E-state index contributed by atoms with van der Waals surface area (Å²) in [6, 6.07) is 5.86. The van der Waals surface area contributed by atoms with E-state index in [2.05, 4.69) is 15.5 Å². The predicted molar refractivity (Wildman–Crippen MR) is 125 cm³/mol. The lowest BCUT2D eigenvalue weighted by molar-refractivity contribution is -0.110. The van der Waals surface area contributed by atoms with Gasteiger partial charge in [-0.25, -0.2) is 13.4 Å². The zero-order valence-electron chi connectivity index (χ0n) is 18.7. The highest BCUT2D eigenvalue weighted by atomic mass is 32.2. The number of carbonyl (C=O) groups is 1. The van der Waals surface area contributed by atoms with E-state index >= 15 is 0 Å². The molecule has 0 spiro atoms. The Morgan fingerprint density at radius 2 is 2.06 bits per heavy atom. The molecule has 33 heavy (non-hydrogen) atoms. The number of anilines is 1. The standard InChI is InChI=1S/C21H28N4O6S2/c1-14-13-22-21(32-14)23-20(27)19(24-31-17-7-6-16(26)12-17)15-4-8-18(9-5-15)33(28,29)25(2)10-11-30-3/h4-5,8-9,13,16-17,26H,6-7,10-12H2,1-3H3,(H,22,23,27)/b24-19+/t16-,17-/m1/s1. The molecule has 180 valence electrons. The number of thiazole rings is 1. The molecule has 0 aliphatic heterocycles. The van der Waals surface area contributed by atoms with Gasteiger partial charge in [0.15, 0.2) is 10.8 Å². The lowest BCUT2D eigenvalue weighted by Gasteiger charge is -2.17. The molecule has 1 aliphatic carbocycles. The summed E-state index contributed by atoms with van der Waals surface area (Å²) in [5.41, 5.74) is 0.374. The molecule has 0 radical (unpaired) electrons. The molecule has 10 nitrogen and oxygen atoms in total. The van der Waals surface area contributed by atoms with E-state index < -0.39 is 22.0 Å². The SMILES string of the molecule is COCCN(C)S(=O)(=O)c1ccc(/C(=N\O[C@@H]2CC[C@@H](O)C2)C(=O)Nc2ncc(C)s2)cc1. The molecule has 1 saturated carbocycles. The molecule has 3 rings (SSSR count). The van der Waals surface area contributed by atoms with Crippen molar-refractivity contribution in [2.24, 2.45) is 5.16 Å². The number of aliphatic hydroxyl groups is 1. The Hall–Kier alpha value is -2.38. The number of sulfonamides is 1. The number of amides is 1. The molecule has 1 aromatic carbocycles. The summed E-state index contributed by atoms with van der Waals surface area (Å²) in [7, 11) is -0.728. The van der Waals surface area contributed by atoms with Crippen LogP contribution in [0, 0.1) is 6.92 Å². The van der Waals surface area contributed by atoms with E-state index in [1.807, 2.05) is 6.92 Å². The van der Waals surface area contributed by atoms with Crippen LogP contribution in [0.4, 0.5) is 5.13 Å². The number of aromatic nitrogens is 1. The highest BCUT2D eigenvalue weighted by Gasteiger charge is 2.26. The Balaban J connectivity index is 1.83. The molecule has 2 aromatic rings. The predicted octanol–water partition coefficient (Wildman–Crippen LogP) is 1.99. The highest BCUT2D eigenvalue weighted by Crippen LogP contribution is 2.23. The van der Waals surface area contributed by atoms with E-state index in [0.29, 0.717) is 30.0 Å². The summed E-state index contributed by atoms with van der Waals surface area (Å²) in [5.74, 6) is -0.532. The van der Waals surface area contributed by atoms with Crippen LogP contribution in [0.25, 0.3) is 0 Å². The topological polar surface area (TPSA) is 130 Å². The third-order valence-corrected chi connectivity index (χ3v) is 7.85. The van der Waals surface area contributed by atoms with Gasteiger partial charge in [-0.1, -0.05) is 17.3 Å². The van der Waals surface area contributed by atoms with Crippen molar-refractivity contribution in [3.8, 4) is 0 Å². The maximum Gasteiger partial charge on any atom is 0.280 e. The van der Waals surface area contributed by atoms with Gasteiger partial charge in [-0.3, -0.25) is 10.1 Å². The van der Waals surface area contributed by atoms with Gasteiger partial charge in [-0.05, 0) is 31.9 Å². The minimum Gasteiger partial charge on any atom is -0.393 e. The lowest BCUT2D eigenvalue weighted by Crippen LogP contribution is -2.30. The second kappa shape index (κ2) is 11.2. The van der Waals surface area contributed by atoms with Crippen molar-refractivity contribution in [1.82, 2.24) is 9.29 Å². The fourth-order valence-electron chi connectivity index (χ4n) is 3.24. The minimum atomic E-state index is -3.71. The first-order chi connectivity index (χ1) is 15.7. The Morgan fingerprint density at radius 3 is 2.64 bits per heavy atom. The van der Waals surface area contributed by atoms with Gasteiger partial charge >= 0.3 is 0 Å². The summed E-state index contributed by atoms with van der Waals surface area (Å²) in [6.07, 6.45) is 2.60. The maximum atomic E-state index is 13.0. The van der Waals surface area contributed by atoms with Crippen molar-refractivity contribution < 1.29 is 27.9 Å². The van der Waals surface area contributed by atoms with Crippen LogP contribution in [0.3, 0.4) is 0 Å². The molecule has 2 N–H and O–H groups in total. The molecule has 0 unspecified atom stereocenters. The molecule has 0 bridgehead atoms. The van der Waals surface area contributed by atoms with E-state index in [0.717, 1.165) is 4.88 Å². The number of aliphatic hydroxyl groups excluding tert-OH is 1. The van der Waals surface area contributed by atoms with Crippen LogP contribution in [0.1, 0.15) is 29.7 Å². The zero-order valence-corrected chi connectivity index (χ0v) is 20.4. The van der Waals surface area contributed by atoms with Gasteiger partial charge in [0.25, 0.3) is 5.91 Å². The number of nitrogens with zero attached hydrogens (tertiary/aromatic N) is 3. The molecule has 1 heterocycles. The smallest absolute Gasteiger partial charge is 0.280 e. The quantitative estimate of drug-likeness (QED) is 0.380. The Morgan fingerprint density at radius 1 is 1.33 bits per heavy atom. The van der Waals surface area contributed by atoms with Crippen molar-refractivity contribution in [3.05, 3.63) is 40.9 Å².